The van der Waals surface area contributed by atoms with Crippen molar-refractivity contribution in [3.8, 4) is 5.75 Å². The standard InChI is InChI=1S/C16H15NO4/c18-15-9-5-4-8-14(15)16(19)10-13(11-17(20)21)12-6-2-1-3-7-12/h1-9,13,18H,10-11H2/t13-/m0/s1. The first-order chi connectivity index (χ1) is 10.1. The molecule has 0 aromatic heterocycles. The summed E-state index contributed by atoms with van der Waals surface area (Å²) in [5.41, 5.74) is 0.944. The van der Waals surface area contributed by atoms with Gasteiger partial charge in [0.05, 0.1) is 11.5 Å². The molecule has 2 rings (SSSR count). The smallest absolute Gasteiger partial charge is 0.211 e. The Morgan fingerprint density at radius 2 is 1.71 bits per heavy atom. The monoisotopic (exact) mass is 285 g/mol. The summed E-state index contributed by atoms with van der Waals surface area (Å²) in [7, 11) is 0. The van der Waals surface area contributed by atoms with Gasteiger partial charge in [-0.15, -0.1) is 0 Å². The van der Waals surface area contributed by atoms with Gasteiger partial charge in [0.2, 0.25) is 6.54 Å². The van der Waals surface area contributed by atoms with E-state index in [1.54, 1.807) is 36.4 Å². The summed E-state index contributed by atoms with van der Waals surface area (Å²) in [6.45, 7) is -0.316. The van der Waals surface area contributed by atoms with E-state index in [4.69, 9.17) is 0 Å². The zero-order chi connectivity index (χ0) is 15.2. The third kappa shape index (κ3) is 3.89. The first-order valence-electron chi connectivity index (χ1n) is 6.56. The SMILES string of the molecule is O=C(C[C@@H](C[N+](=O)[O-])c1ccccc1)c1ccccc1O. The molecule has 2 aromatic carbocycles. The molecule has 0 spiro atoms. The van der Waals surface area contributed by atoms with E-state index in [0.717, 1.165) is 5.56 Å². The molecule has 0 aliphatic rings. The van der Waals surface area contributed by atoms with Crippen LogP contribution in [0.1, 0.15) is 28.3 Å². The number of ketones is 1. The molecule has 21 heavy (non-hydrogen) atoms. The van der Waals surface area contributed by atoms with Crippen LogP contribution in [0.15, 0.2) is 54.6 Å². The Kier molecular flexibility index (Phi) is 4.66. The lowest BCUT2D eigenvalue weighted by Crippen LogP contribution is -2.16. The van der Waals surface area contributed by atoms with Gasteiger partial charge in [-0.25, -0.2) is 0 Å². The number of para-hydroxylation sites is 1. The van der Waals surface area contributed by atoms with E-state index in [9.17, 15) is 20.0 Å². The lowest BCUT2D eigenvalue weighted by molar-refractivity contribution is -0.483. The average Bonchev–Trinajstić information content (AvgIpc) is 2.47. The van der Waals surface area contributed by atoms with Crippen molar-refractivity contribution in [3.05, 3.63) is 75.8 Å². The first kappa shape index (κ1) is 14.7. The van der Waals surface area contributed by atoms with Gasteiger partial charge in [0, 0.05) is 11.3 Å². The van der Waals surface area contributed by atoms with Crippen LogP contribution in [0.2, 0.25) is 0 Å². The van der Waals surface area contributed by atoms with E-state index in [1.807, 2.05) is 6.07 Å². The third-order valence-corrected chi connectivity index (χ3v) is 3.28. The normalized spacial score (nSPS) is 11.8. The number of hydrogen-bond acceptors (Lipinski definition) is 4. The number of hydrogen-bond donors (Lipinski definition) is 1. The Morgan fingerprint density at radius 3 is 2.33 bits per heavy atom. The molecular formula is C16H15NO4. The molecule has 1 atom stereocenters. The molecule has 0 aliphatic heterocycles. The summed E-state index contributed by atoms with van der Waals surface area (Å²) in [5.74, 6) is -0.910. The van der Waals surface area contributed by atoms with Gasteiger partial charge in [0.25, 0.3) is 0 Å². The molecule has 2 aromatic rings. The van der Waals surface area contributed by atoms with Crippen molar-refractivity contribution in [2.45, 2.75) is 12.3 Å². The van der Waals surface area contributed by atoms with E-state index in [1.165, 1.54) is 12.1 Å². The largest absolute Gasteiger partial charge is 0.507 e. The fourth-order valence-corrected chi connectivity index (χ4v) is 2.24. The van der Waals surface area contributed by atoms with Crippen molar-refractivity contribution < 1.29 is 14.8 Å². The van der Waals surface area contributed by atoms with Crippen molar-refractivity contribution in [1.82, 2.24) is 0 Å². The van der Waals surface area contributed by atoms with Gasteiger partial charge < -0.3 is 5.11 Å². The zero-order valence-electron chi connectivity index (χ0n) is 11.3. The van der Waals surface area contributed by atoms with E-state index < -0.39 is 10.8 Å². The van der Waals surface area contributed by atoms with Crippen LogP contribution in [0.3, 0.4) is 0 Å². The Hall–Kier alpha value is -2.69. The van der Waals surface area contributed by atoms with Crippen LogP contribution in [-0.4, -0.2) is 22.4 Å². The maximum Gasteiger partial charge on any atom is 0.211 e. The predicted octanol–water partition coefficient (Wildman–Crippen LogP) is 3.03. The number of nitro groups is 1. The molecule has 108 valence electrons. The minimum Gasteiger partial charge on any atom is -0.507 e. The Balaban J connectivity index is 2.21. The van der Waals surface area contributed by atoms with Crippen molar-refractivity contribution in [1.29, 1.82) is 0 Å². The number of carbonyl (C=O) groups excluding carboxylic acids is 1. The highest BCUT2D eigenvalue weighted by Crippen LogP contribution is 2.25. The van der Waals surface area contributed by atoms with Gasteiger partial charge in [0.1, 0.15) is 5.75 Å². The maximum absolute atomic E-state index is 12.2. The predicted molar refractivity (Wildman–Crippen MR) is 78.1 cm³/mol. The molecule has 0 saturated heterocycles. The van der Waals surface area contributed by atoms with Crippen molar-refractivity contribution >= 4 is 5.78 Å². The first-order valence-corrected chi connectivity index (χ1v) is 6.56. The molecule has 0 bridgehead atoms. The summed E-state index contributed by atoms with van der Waals surface area (Å²) in [4.78, 5) is 22.6. The quantitative estimate of drug-likeness (QED) is 0.502. The lowest BCUT2D eigenvalue weighted by atomic mass is 9.91. The Labute approximate surface area is 122 Å². The lowest BCUT2D eigenvalue weighted by Gasteiger charge is -2.13. The molecule has 0 aliphatic carbocycles. The summed E-state index contributed by atoms with van der Waals surface area (Å²) in [6.07, 6.45) is -0.0113. The summed E-state index contributed by atoms with van der Waals surface area (Å²) >= 11 is 0. The van der Waals surface area contributed by atoms with E-state index in [2.05, 4.69) is 0 Å². The fourth-order valence-electron chi connectivity index (χ4n) is 2.24. The average molecular weight is 285 g/mol. The molecule has 0 fully saturated rings. The minimum absolute atomic E-state index is 0.0113. The second kappa shape index (κ2) is 6.65. The van der Waals surface area contributed by atoms with Gasteiger partial charge in [0.15, 0.2) is 5.78 Å². The number of phenols is 1. The molecular weight excluding hydrogens is 270 g/mol. The van der Waals surface area contributed by atoms with E-state index in [0.29, 0.717) is 0 Å². The highest BCUT2D eigenvalue weighted by Gasteiger charge is 2.23. The topological polar surface area (TPSA) is 80.4 Å². The van der Waals surface area contributed by atoms with Crippen molar-refractivity contribution in [3.63, 3.8) is 0 Å². The van der Waals surface area contributed by atoms with Crippen LogP contribution >= 0.6 is 0 Å². The second-order valence-electron chi connectivity index (χ2n) is 4.77. The molecule has 0 unspecified atom stereocenters. The van der Waals surface area contributed by atoms with Gasteiger partial charge in [-0.2, -0.15) is 0 Å². The Bertz CT molecular complexity index is 640. The van der Waals surface area contributed by atoms with Gasteiger partial charge in [-0.05, 0) is 17.7 Å². The molecule has 0 radical (unpaired) electrons. The van der Waals surface area contributed by atoms with Crippen LogP contribution in [0, 0.1) is 10.1 Å². The molecule has 1 N–H and O–H groups in total. The third-order valence-electron chi connectivity index (χ3n) is 3.28. The van der Waals surface area contributed by atoms with Crippen molar-refractivity contribution in [2.75, 3.05) is 6.54 Å². The van der Waals surface area contributed by atoms with Crippen LogP contribution in [0.5, 0.6) is 5.75 Å². The second-order valence-corrected chi connectivity index (χ2v) is 4.77. The summed E-state index contributed by atoms with van der Waals surface area (Å²) in [5, 5.41) is 20.5. The number of aromatic hydroxyl groups is 1. The number of carbonyl (C=O) groups is 1. The zero-order valence-corrected chi connectivity index (χ0v) is 11.3. The Morgan fingerprint density at radius 1 is 1.10 bits per heavy atom. The maximum atomic E-state index is 12.2. The molecule has 0 amide bonds. The van der Waals surface area contributed by atoms with Gasteiger partial charge in [-0.1, -0.05) is 42.5 Å². The number of rotatable bonds is 6. The van der Waals surface area contributed by atoms with Crippen LogP contribution < -0.4 is 0 Å². The van der Waals surface area contributed by atoms with E-state index in [-0.39, 0.29) is 30.1 Å². The number of nitrogens with zero attached hydrogens (tertiary/aromatic N) is 1. The number of benzene rings is 2. The minimum atomic E-state index is -0.506. The van der Waals surface area contributed by atoms with Gasteiger partial charge >= 0.3 is 0 Å². The fraction of sp³-hybridized carbons (Fsp3) is 0.188. The summed E-state index contributed by atoms with van der Waals surface area (Å²) in [6, 6.07) is 15.1. The highest BCUT2D eigenvalue weighted by atomic mass is 16.6. The molecule has 0 heterocycles. The molecule has 5 heteroatoms. The number of Topliss-reactive ketones (excluding diaryl/α,β-unsaturated/α-hetero) is 1. The van der Waals surface area contributed by atoms with Crippen LogP contribution in [-0.2, 0) is 0 Å². The molecule has 5 nitrogen and oxygen atoms in total. The van der Waals surface area contributed by atoms with Crippen LogP contribution in [0.25, 0.3) is 0 Å². The van der Waals surface area contributed by atoms with E-state index >= 15 is 0 Å². The molecule has 0 saturated carbocycles. The van der Waals surface area contributed by atoms with Crippen molar-refractivity contribution in [2.24, 2.45) is 0 Å². The highest BCUT2D eigenvalue weighted by molar-refractivity contribution is 5.98. The summed E-state index contributed by atoms with van der Waals surface area (Å²) < 4.78 is 0. The van der Waals surface area contributed by atoms with Gasteiger partial charge in [-0.3, -0.25) is 14.9 Å². The number of phenolic OH excluding ortho intramolecular Hbond substituents is 1. The van der Waals surface area contributed by atoms with Crippen LogP contribution in [0.4, 0.5) is 0 Å².